The van der Waals surface area contributed by atoms with Crippen LogP contribution in [-0.2, 0) is 6.42 Å². The molecule has 0 bridgehead atoms. The molecular formula is C22H21FN6O2. The predicted octanol–water partition coefficient (Wildman–Crippen LogP) is 1.65. The molecule has 31 heavy (non-hydrogen) atoms. The number of carbonyl (C=O) groups is 1. The van der Waals surface area contributed by atoms with Crippen molar-refractivity contribution < 1.29 is 14.3 Å². The van der Waals surface area contributed by atoms with E-state index in [2.05, 4.69) is 32.4 Å². The lowest BCUT2D eigenvalue weighted by atomic mass is 10.1. The highest BCUT2D eigenvalue weighted by atomic mass is 19.1. The third-order valence-electron chi connectivity index (χ3n) is 5.59. The zero-order valence-electron chi connectivity index (χ0n) is 16.9. The summed E-state index contributed by atoms with van der Waals surface area (Å²) < 4.78 is 14.7. The van der Waals surface area contributed by atoms with Crippen molar-refractivity contribution in [2.45, 2.75) is 25.1 Å². The van der Waals surface area contributed by atoms with Crippen molar-refractivity contribution in [3.05, 3.63) is 47.3 Å². The van der Waals surface area contributed by atoms with Gasteiger partial charge in [-0.3, -0.25) is 4.79 Å². The van der Waals surface area contributed by atoms with E-state index in [0.29, 0.717) is 24.4 Å². The summed E-state index contributed by atoms with van der Waals surface area (Å²) in [6.07, 6.45) is 1.61. The number of halogens is 1. The van der Waals surface area contributed by atoms with E-state index < -0.39 is 18.1 Å². The van der Waals surface area contributed by atoms with Crippen LogP contribution in [-0.4, -0.2) is 58.0 Å². The topological polar surface area (TPSA) is 94.8 Å². The SMILES string of the molecule is CNc1cc(N2CCc3c(C#CCO)cccc32)nn2c(C(=O)N[C@@H]3C[C@@H]3F)cnc12. The van der Waals surface area contributed by atoms with Gasteiger partial charge in [-0.15, -0.1) is 5.10 Å². The first kappa shape index (κ1) is 19.3. The van der Waals surface area contributed by atoms with Crippen LogP contribution in [0.25, 0.3) is 5.65 Å². The van der Waals surface area contributed by atoms with E-state index in [1.165, 1.54) is 10.7 Å². The summed E-state index contributed by atoms with van der Waals surface area (Å²) in [5, 5.41) is 19.5. The molecule has 1 saturated carbocycles. The zero-order valence-corrected chi connectivity index (χ0v) is 16.9. The monoisotopic (exact) mass is 420 g/mol. The largest absolute Gasteiger partial charge is 0.385 e. The molecule has 2 aliphatic rings. The molecule has 1 amide bonds. The molecule has 1 aliphatic heterocycles. The van der Waals surface area contributed by atoms with Gasteiger partial charge in [-0.25, -0.2) is 13.9 Å². The van der Waals surface area contributed by atoms with Crippen LogP contribution in [0.2, 0.25) is 0 Å². The molecule has 158 valence electrons. The van der Waals surface area contributed by atoms with Gasteiger partial charge in [-0.1, -0.05) is 17.9 Å². The van der Waals surface area contributed by atoms with Gasteiger partial charge in [0, 0.05) is 37.3 Å². The second-order valence-electron chi connectivity index (χ2n) is 7.54. The fraction of sp³-hybridized carbons (Fsp3) is 0.318. The minimum absolute atomic E-state index is 0.188. The van der Waals surface area contributed by atoms with Gasteiger partial charge in [0.1, 0.15) is 12.8 Å². The molecule has 0 saturated heterocycles. The minimum atomic E-state index is -0.983. The Bertz CT molecular complexity index is 1240. The van der Waals surface area contributed by atoms with E-state index in [4.69, 9.17) is 10.2 Å². The van der Waals surface area contributed by atoms with Crippen LogP contribution in [0.4, 0.5) is 21.6 Å². The van der Waals surface area contributed by atoms with Crippen LogP contribution in [0, 0.1) is 11.8 Å². The molecule has 0 unspecified atom stereocenters. The molecule has 3 N–H and O–H groups in total. The predicted molar refractivity (Wildman–Crippen MR) is 114 cm³/mol. The Kier molecular flexibility index (Phi) is 4.71. The van der Waals surface area contributed by atoms with Gasteiger partial charge in [-0.2, -0.15) is 0 Å². The molecule has 2 atom stereocenters. The summed E-state index contributed by atoms with van der Waals surface area (Å²) in [7, 11) is 1.78. The van der Waals surface area contributed by atoms with E-state index in [0.717, 1.165) is 28.9 Å². The average Bonchev–Trinajstić information content (AvgIpc) is 3.17. The fourth-order valence-corrected chi connectivity index (χ4v) is 3.91. The van der Waals surface area contributed by atoms with Gasteiger partial charge in [0.25, 0.3) is 5.91 Å². The number of carbonyl (C=O) groups excluding carboxylic acids is 1. The average molecular weight is 420 g/mol. The number of aromatic nitrogens is 3. The molecule has 8 nitrogen and oxygen atoms in total. The standard InChI is InChI=1S/C22H21FN6O2/c1-24-17-11-20(28-8-7-14-13(5-3-9-30)4-2-6-18(14)28)27-29-19(12-25-21(17)29)22(31)26-16-10-15(16)23/h2,4,6,11-12,15-16,24,30H,7-10H2,1H3,(H,26,31)/t15-,16+/m0/s1. The molecule has 0 spiro atoms. The first-order valence-electron chi connectivity index (χ1n) is 10.1. The van der Waals surface area contributed by atoms with Gasteiger partial charge in [-0.05, 0) is 24.1 Å². The summed E-state index contributed by atoms with van der Waals surface area (Å²) in [6.45, 7) is 0.517. The number of imidazole rings is 1. The summed E-state index contributed by atoms with van der Waals surface area (Å²) in [6, 6.07) is 7.33. The number of benzene rings is 1. The number of nitrogens with zero attached hydrogens (tertiary/aromatic N) is 4. The zero-order chi connectivity index (χ0) is 21.5. The Labute approximate surface area is 178 Å². The van der Waals surface area contributed by atoms with Gasteiger partial charge >= 0.3 is 0 Å². The summed E-state index contributed by atoms with van der Waals surface area (Å²) in [4.78, 5) is 19.1. The number of rotatable bonds is 4. The van der Waals surface area contributed by atoms with Crippen molar-refractivity contribution in [1.29, 1.82) is 0 Å². The van der Waals surface area contributed by atoms with Crippen molar-refractivity contribution in [2.75, 3.05) is 30.4 Å². The number of amides is 1. The fourth-order valence-electron chi connectivity index (χ4n) is 3.91. The van der Waals surface area contributed by atoms with Crippen molar-refractivity contribution in [1.82, 2.24) is 19.9 Å². The van der Waals surface area contributed by atoms with Crippen LogP contribution in [0.1, 0.15) is 28.0 Å². The number of hydrogen-bond acceptors (Lipinski definition) is 6. The quantitative estimate of drug-likeness (QED) is 0.556. The third kappa shape index (κ3) is 3.35. The molecule has 3 heterocycles. The van der Waals surface area contributed by atoms with Crippen LogP contribution < -0.4 is 15.5 Å². The number of fused-ring (bicyclic) bond motifs is 2. The third-order valence-corrected chi connectivity index (χ3v) is 5.59. The molecule has 0 radical (unpaired) electrons. The van der Waals surface area contributed by atoms with Crippen molar-refractivity contribution in [3.8, 4) is 11.8 Å². The van der Waals surface area contributed by atoms with Gasteiger partial charge in [0.15, 0.2) is 17.2 Å². The van der Waals surface area contributed by atoms with Gasteiger partial charge in [0.05, 0.1) is 17.9 Å². The molecule has 9 heteroatoms. The Balaban J connectivity index is 1.56. The van der Waals surface area contributed by atoms with Crippen molar-refractivity contribution in [2.24, 2.45) is 0 Å². The molecular weight excluding hydrogens is 399 g/mol. The lowest BCUT2D eigenvalue weighted by Gasteiger charge is -2.20. The number of anilines is 3. The highest BCUT2D eigenvalue weighted by molar-refractivity contribution is 5.94. The van der Waals surface area contributed by atoms with Crippen LogP contribution in [0.5, 0.6) is 0 Å². The van der Waals surface area contributed by atoms with E-state index in [1.807, 2.05) is 24.3 Å². The van der Waals surface area contributed by atoms with E-state index in [-0.39, 0.29) is 12.3 Å². The maximum Gasteiger partial charge on any atom is 0.271 e. The second kappa shape index (κ2) is 7.56. The summed E-state index contributed by atoms with van der Waals surface area (Å²) >= 11 is 0. The highest BCUT2D eigenvalue weighted by Crippen LogP contribution is 2.36. The Morgan fingerprint density at radius 1 is 1.42 bits per heavy atom. The lowest BCUT2D eigenvalue weighted by molar-refractivity contribution is 0.0940. The van der Waals surface area contributed by atoms with Crippen molar-refractivity contribution in [3.63, 3.8) is 0 Å². The van der Waals surface area contributed by atoms with Crippen LogP contribution in [0.15, 0.2) is 30.5 Å². The Hall–Kier alpha value is -3.64. The number of aliphatic hydroxyl groups is 1. The number of aliphatic hydroxyl groups excluding tert-OH is 1. The molecule has 5 rings (SSSR count). The van der Waals surface area contributed by atoms with Gasteiger partial charge < -0.3 is 20.6 Å². The van der Waals surface area contributed by atoms with Crippen LogP contribution in [0.3, 0.4) is 0 Å². The maximum absolute atomic E-state index is 13.2. The summed E-state index contributed by atoms with van der Waals surface area (Å²) in [5.41, 5.74) is 4.48. The Morgan fingerprint density at radius 2 is 2.26 bits per heavy atom. The van der Waals surface area contributed by atoms with E-state index in [1.54, 1.807) is 7.05 Å². The summed E-state index contributed by atoms with van der Waals surface area (Å²) in [5.74, 6) is 5.98. The maximum atomic E-state index is 13.2. The van der Waals surface area contributed by atoms with E-state index >= 15 is 0 Å². The smallest absolute Gasteiger partial charge is 0.271 e. The van der Waals surface area contributed by atoms with Crippen LogP contribution >= 0.6 is 0 Å². The first-order valence-corrected chi connectivity index (χ1v) is 10.1. The number of hydrogen-bond donors (Lipinski definition) is 3. The van der Waals surface area contributed by atoms with Gasteiger partial charge in [0.2, 0.25) is 0 Å². The normalized spacial score (nSPS) is 19.0. The lowest BCUT2D eigenvalue weighted by Crippen LogP contribution is -2.28. The molecule has 1 aliphatic carbocycles. The first-order chi connectivity index (χ1) is 15.1. The Morgan fingerprint density at radius 3 is 3.00 bits per heavy atom. The molecule has 1 fully saturated rings. The molecule has 3 aromatic rings. The van der Waals surface area contributed by atoms with E-state index in [9.17, 15) is 9.18 Å². The van der Waals surface area contributed by atoms with Crippen molar-refractivity contribution >= 4 is 28.7 Å². The highest BCUT2D eigenvalue weighted by Gasteiger charge is 2.39. The molecule has 2 aromatic heterocycles. The minimum Gasteiger partial charge on any atom is -0.385 e. The molecule has 1 aromatic carbocycles. The number of nitrogens with one attached hydrogen (secondary N) is 2. The second-order valence-corrected chi connectivity index (χ2v) is 7.54. The number of alkyl halides is 1.